The minimum atomic E-state index is 0.536. The van der Waals surface area contributed by atoms with Crippen LogP contribution in [-0.4, -0.2) is 36.6 Å². The van der Waals surface area contributed by atoms with Crippen LogP contribution in [0.3, 0.4) is 0 Å². The maximum Gasteiger partial charge on any atom is 0.213 e. The lowest BCUT2D eigenvalue weighted by atomic mass is 9.94. The van der Waals surface area contributed by atoms with Gasteiger partial charge in [-0.05, 0) is 56.9 Å². The first-order valence-corrected chi connectivity index (χ1v) is 6.74. The fraction of sp³-hybridized carbons (Fsp3) is 0.643. The van der Waals surface area contributed by atoms with Gasteiger partial charge in [-0.1, -0.05) is 0 Å². The second-order valence-electron chi connectivity index (χ2n) is 5.09. The molecule has 1 aromatic heterocycles. The second kappa shape index (κ2) is 6.71. The van der Waals surface area contributed by atoms with Gasteiger partial charge in [-0.25, -0.2) is 4.98 Å². The molecule has 18 heavy (non-hydrogen) atoms. The maximum atomic E-state index is 5.70. The number of ether oxygens (including phenoxy) is 1. The van der Waals surface area contributed by atoms with Crippen molar-refractivity contribution in [1.82, 2.24) is 9.88 Å². The lowest BCUT2D eigenvalue weighted by molar-refractivity contribution is 0.185. The van der Waals surface area contributed by atoms with Crippen LogP contribution in [-0.2, 0) is 6.54 Å². The summed E-state index contributed by atoms with van der Waals surface area (Å²) in [7, 11) is 2.19. The van der Waals surface area contributed by atoms with Crippen molar-refractivity contribution in [1.29, 1.82) is 0 Å². The highest BCUT2D eigenvalue weighted by Crippen LogP contribution is 2.19. The van der Waals surface area contributed by atoms with Crippen molar-refractivity contribution in [2.24, 2.45) is 11.7 Å². The molecule has 1 aliphatic heterocycles. The monoisotopic (exact) mass is 249 g/mol. The van der Waals surface area contributed by atoms with Gasteiger partial charge in [0, 0.05) is 18.8 Å². The van der Waals surface area contributed by atoms with Gasteiger partial charge in [0.15, 0.2) is 0 Å². The van der Waals surface area contributed by atoms with E-state index in [-0.39, 0.29) is 0 Å². The molecule has 0 saturated carbocycles. The van der Waals surface area contributed by atoms with E-state index in [1.807, 2.05) is 12.1 Å². The third kappa shape index (κ3) is 3.96. The average molecular weight is 249 g/mol. The zero-order chi connectivity index (χ0) is 12.8. The number of nitrogens with zero attached hydrogens (tertiary/aromatic N) is 2. The second-order valence-corrected chi connectivity index (χ2v) is 5.09. The molecular weight excluding hydrogens is 226 g/mol. The molecule has 0 radical (unpaired) electrons. The van der Waals surface area contributed by atoms with Crippen molar-refractivity contribution in [2.45, 2.75) is 25.8 Å². The number of pyridine rings is 1. The largest absolute Gasteiger partial charge is 0.478 e. The lowest BCUT2D eigenvalue weighted by Gasteiger charge is -2.28. The summed E-state index contributed by atoms with van der Waals surface area (Å²) < 4.78 is 5.70. The summed E-state index contributed by atoms with van der Waals surface area (Å²) in [6.07, 6.45) is 5.46. The molecule has 2 heterocycles. The Hall–Kier alpha value is -1.13. The van der Waals surface area contributed by atoms with E-state index in [4.69, 9.17) is 10.5 Å². The number of nitrogens with two attached hydrogens (primary N) is 1. The van der Waals surface area contributed by atoms with Gasteiger partial charge in [0.25, 0.3) is 0 Å². The summed E-state index contributed by atoms with van der Waals surface area (Å²) in [6, 6.07) is 3.85. The molecule has 1 aromatic rings. The Morgan fingerprint density at radius 1 is 1.44 bits per heavy atom. The number of piperidine rings is 1. The molecular formula is C14H23N3O. The highest BCUT2D eigenvalue weighted by molar-refractivity contribution is 5.19. The summed E-state index contributed by atoms with van der Waals surface area (Å²) in [4.78, 5) is 6.59. The van der Waals surface area contributed by atoms with Crippen molar-refractivity contribution in [2.75, 3.05) is 26.7 Å². The first-order chi connectivity index (χ1) is 8.78. The van der Waals surface area contributed by atoms with Crippen LogP contribution in [0.5, 0.6) is 5.88 Å². The van der Waals surface area contributed by atoms with E-state index in [1.54, 1.807) is 6.20 Å². The molecule has 1 fully saturated rings. The molecule has 0 unspecified atom stereocenters. The fourth-order valence-corrected chi connectivity index (χ4v) is 2.34. The first-order valence-electron chi connectivity index (χ1n) is 6.74. The fourth-order valence-electron chi connectivity index (χ4n) is 2.34. The predicted octanol–water partition coefficient (Wildman–Crippen LogP) is 1.65. The van der Waals surface area contributed by atoms with Gasteiger partial charge in [-0.2, -0.15) is 0 Å². The van der Waals surface area contributed by atoms with Crippen molar-refractivity contribution >= 4 is 0 Å². The van der Waals surface area contributed by atoms with Gasteiger partial charge in [-0.3, -0.25) is 0 Å². The number of hydrogen-bond acceptors (Lipinski definition) is 4. The van der Waals surface area contributed by atoms with E-state index in [2.05, 4.69) is 16.9 Å². The van der Waals surface area contributed by atoms with Gasteiger partial charge < -0.3 is 15.4 Å². The van der Waals surface area contributed by atoms with Gasteiger partial charge in [0.2, 0.25) is 5.88 Å². The molecule has 4 nitrogen and oxygen atoms in total. The Kier molecular flexibility index (Phi) is 4.96. The molecule has 100 valence electrons. The Labute approximate surface area is 109 Å². The van der Waals surface area contributed by atoms with Crippen LogP contribution >= 0.6 is 0 Å². The van der Waals surface area contributed by atoms with Gasteiger partial charge in [0.1, 0.15) is 0 Å². The average Bonchev–Trinajstić information content (AvgIpc) is 2.41. The standard InChI is InChI=1S/C14H23N3O/c1-17-7-3-12(4-8-17)5-9-18-14-10-13(11-15)2-6-16-14/h2,6,10,12H,3-5,7-9,11,15H2,1H3. The minimum absolute atomic E-state index is 0.536. The van der Waals surface area contributed by atoms with Crippen molar-refractivity contribution < 1.29 is 4.74 Å². The quantitative estimate of drug-likeness (QED) is 0.862. The number of hydrogen-bond donors (Lipinski definition) is 1. The van der Waals surface area contributed by atoms with Crippen LogP contribution in [0.4, 0.5) is 0 Å². The SMILES string of the molecule is CN1CCC(CCOc2cc(CN)ccn2)CC1. The smallest absolute Gasteiger partial charge is 0.213 e. The van der Waals surface area contributed by atoms with Gasteiger partial charge >= 0.3 is 0 Å². The lowest BCUT2D eigenvalue weighted by Crippen LogP contribution is -2.30. The normalized spacial score (nSPS) is 17.9. The van der Waals surface area contributed by atoms with Gasteiger partial charge in [-0.15, -0.1) is 0 Å². The summed E-state index contributed by atoms with van der Waals surface area (Å²) in [5.74, 6) is 1.50. The molecule has 1 saturated heterocycles. The van der Waals surface area contributed by atoms with E-state index < -0.39 is 0 Å². The predicted molar refractivity (Wildman–Crippen MR) is 72.5 cm³/mol. The topological polar surface area (TPSA) is 51.4 Å². The van der Waals surface area contributed by atoms with Crippen LogP contribution in [0.15, 0.2) is 18.3 Å². The summed E-state index contributed by atoms with van der Waals surface area (Å²) in [5.41, 5.74) is 6.66. The Balaban J connectivity index is 1.71. The summed E-state index contributed by atoms with van der Waals surface area (Å²) >= 11 is 0. The minimum Gasteiger partial charge on any atom is -0.478 e. The molecule has 2 N–H and O–H groups in total. The first kappa shape index (κ1) is 13.3. The Bertz CT molecular complexity index is 362. The van der Waals surface area contributed by atoms with Crippen LogP contribution in [0.25, 0.3) is 0 Å². The maximum absolute atomic E-state index is 5.70. The molecule has 0 atom stereocenters. The van der Waals surface area contributed by atoms with Crippen molar-refractivity contribution in [3.8, 4) is 5.88 Å². The molecule has 0 bridgehead atoms. The van der Waals surface area contributed by atoms with E-state index >= 15 is 0 Å². The van der Waals surface area contributed by atoms with Crippen LogP contribution in [0.2, 0.25) is 0 Å². The number of aromatic nitrogens is 1. The molecule has 0 amide bonds. The van der Waals surface area contributed by atoms with Gasteiger partial charge in [0.05, 0.1) is 6.61 Å². The van der Waals surface area contributed by atoms with E-state index in [0.717, 1.165) is 24.5 Å². The van der Waals surface area contributed by atoms with E-state index in [0.29, 0.717) is 12.4 Å². The van der Waals surface area contributed by atoms with E-state index in [9.17, 15) is 0 Å². The third-order valence-corrected chi connectivity index (χ3v) is 3.65. The molecule has 0 aliphatic carbocycles. The van der Waals surface area contributed by atoms with Crippen molar-refractivity contribution in [3.63, 3.8) is 0 Å². The van der Waals surface area contributed by atoms with Crippen LogP contribution in [0.1, 0.15) is 24.8 Å². The van der Waals surface area contributed by atoms with Crippen LogP contribution in [0, 0.1) is 5.92 Å². The third-order valence-electron chi connectivity index (χ3n) is 3.65. The number of likely N-dealkylation sites (tertiary alicyclic amines) is 1. The summed E-state index contributed by atoms with van der Waals surface area (Å²) in [6.45, 7) is 3.72. The highest BCUT2D eigenvalue weighted by Gasteiger charge is 2.16. The Morgan fingerprint density at radius 2 is 2.22 bits per heavy atom. The Morgan fingerprint density at radius 3 is 2.94 bits per heavy atom. The van der Waals surface area contributed by atoms with E-state index in [1.165, 1.54) is 25.9 Å². The van der Waals surface area contributed by atoms with Crippen molar-refractivity contribution in [3.05, 3.63) is 23.9 Å². The molecule has 0 aromatic carbocycles. The zero-order valence-corrected chi connectivity index (χ0v) is 11.1. The molecule has 4 heteroatoms. The number of rotatable bonds is 5. The zero-order valence-electron chi connectivity index (χ0n) is 11.1. The molecule has 1 aliphatic rings. The van der Waals surface area contributed by atoms with Crippen LogP contribution < -0.4 is 10.5 Å². The summed E-state index contributed by atoms with van der Waals surface area (Å²) in [5, 5.41) is 0. The highest BCUT2D eigenvalue weighted by atomic mass is 16.5. The molecule has 2 rings (SSSR count). The molecule has 0 spiro atoms.